The van der Waals surface area contributed by atoms with Crippen molar-refractivity contribution in [2.75, 3.05) is 0 Å². The average molecular weight is 463 g/mol. The minimum Gasteiger partial charge on any atom is -0.206 e. The lowest BCUT2D eigenvalue weighted by Gasteiger charge is -2.22. The molecule has 0 saturated carbocycles. The minimum atomic E-state index is -0.823. The van der Waals surface area contributed by atoms with Crippen LogP contribution >= 0.6 is 0 Å². The molecule has 1 aliphatic rings. The molecule has 0 aromatic heterocycles. The molecule has 3 aromatic carbocycles. The van der Waals surface area contributed by atoms with E-state index in [0.29, 0.717) is 23.1 Å². The molecule has 0 saturated heterocycles. The predicted molar refractivity (Wildman–Crippen MR) is 136 cm³/mol. The lowest BCUT2D eigenvalue weighted by molar-refractivity contribution is 0.427. The summed E-state index contributed by atoms with van der Waals surface area (Å²) >= 11 is 0. The first-order valence-corrected chi connectivity index (χ1v) is 12.6. The maximum Gasteiger partial charge on any atom is 0.166 e. The summed E-state index contributed by atoms with van der Waals surface area (Å²) < 4.78 is 43.7. The van der Waals surface area contributed by atoms with Crippen LogP contribution in [0.25, 0.3) is 27.8 Å². The lowest BCUT2D eigenvalue weighted by atomic mass is 9.83. The van der Waals surface area contributed by atoms with E-state index in [4.69, 9.17) is 0 Å². The molecule has 34 heavy (non-hydrogen) atoms. The van der Waals surface area contributed by atoms with Crippen LogP contribution in [0.2, 0.25) is 0 Å². The number of aryl methyl sites for hydroxylation is 1. The van der Waals surface area contributed by atoms with Crippen LogP contribution in [-0.2, 0) is 6.42 Å². The van der Waals surface area contributed by atoms with Crippen molar-refractivity contribution in [3.05, 3.63) is 89.3 Å². The summed E-state index contributed by atoms with van der Waals surface area (Å²) in [4.78, 5) is 0. The van der Waals surface area contributed by atoms with Crippen molar-refractivity contribution < 1.29 is 13.2 Å². The minimum absolute atomic E-state index is 0.208. The largest absolute Gasteiger partial charge is 0.206 e. The molecule has 0 bridgehead atoms. The van der Waals surface area contributed by atoms with E-state index in [9.17, 15) is 8.78 Å². The Morgan fingerprint density at radius 2 is 1.47 bits per heavy atom. The highest BCUT2D eigenvalue weighted by molar-refractivity contribution is 5.74. The van der Waals surface area contributed by atoms with Crippen molar-refractivity contribution in [2.45, 2.75) is 65.2 Å². The van der Waals surface area contributed by atoms with Crippen molar-refractivity contribution in [1.29, 1.82) is 0 Å². The fraction of sp³-hybridized carbons (Fsp3) is 0.355. The lowest BCUT2D eigenvalue weighted by Crippen LogP contribution is -2.06. The van der Waals surface area contributed by atoms with Gasteiger partial charge in [-0.2, -0.15) is 0 Å². The van der Waals surface area contributed by atoms with Crippen LogP contribution in [0.4, 0.5) is 13.2 Å². The van der Waals surface area contributed by atoms with Gasteiger partial charge in [0.2, 0.25) is 0 Å². The Morgan fingerprint density at radius 3 is 2.12 bits per heavy atom. The molecule has 0 radical (unpaired) electrons. The number of halogens is 3. The maximum absolute atomic E-state index is 15.0. The molecule has 3 heteroatoms. The molecule has 4 rings (SSSR count). The highest BCUT2D eigenvalue weighted by atomic mass is 19.2. The molecule has 0 N–H and O–H groups in total. The number of hydrogen-bond acceptors (Lipinski definition) is 0. The molecule has 0 fully saturated rings. The molecule has 0 spiro atoms. The summed E-state index contributed by atoms with van der Waals surface area (Å²) in [5.74, 6) is -1.09. The second kappa shape index (κ2) is 11.1. The summed E-state index contributed by atoms with van der Waals surface area (Å²) in [5.41, 5.74) is 4.62. The van der Waals surface area contributed by atoms with E-state index in [-0.39, 0.29) is 11.4 Å². The van der Waals surface area contributed by atoms with Gasteiger partial charge in [0.15, 0.2) is 11.6 Å². The van der Waals surface area contributed by atoms with Crippen LogP contribution in [0.15, 0.2) is 60.7 Å². The molecular weight excluding hydrogens is 429 g/mol. The van der Waals surface area contributed by atoms with E-state index in [1.54, 1.807) is 37.3 Å². The number of rotatable bonds is 8. The smallest absolute Gasteiger partial charge is 0.166 e. The van der Waals surface area contributed by atoms with Crippen LogP contribution < -0.4 is 0 Å². The van der Waals surface area contributed by atoms with Crippen molar-refractivity contribution in [2.24, 2.45) is 5.92 Å². The molecule has 0 heterocycles. The molecule has 178 valence electrons. The fourth-order valence-electron chi connectivity index (χ4n) is 4.96. The van der Waals surface area contributed by atoms with Crippen LogP contribution in [0.3, 0.4) is 0 Å². The Hall–Kier alpha value is -2.81. The maximum atomic E-state index is 15.0. The summed E-state index contributed by atoms with van der Waals surface area (Å²) in [5, 5.41) is 0. The van der Waals surface area contributed by atoms with Crippen molar-refractivity contribution in [3.8, 4) is 22.3 Å². The predicted octanol–water partition coefficient (Wildman–Crippen LogP) is 9.76. The number of benzene rings is 3. The molecule has 1 atom stereocenters. The molecule has 1 unspecified atom stereocenters. The zero-order valence-corrected chi connectivity index (χ0v) is 20.1. The van der Waals surface area contributed by atoms with E-state index >= 15 is 4.39 Å². The molecule has 0 amide bonds. The van der Waals surface area contributed by atoms with Gasteiger partial charge in [0.25, 0.3) is 0 Å². The van der Waals surface area contributed by atoms with Gasteiger partial charge < -0.3 is 0 Å². The Morgan fingerprint density at radius 1 is 0.765 bits per heavy atom. The first-order chi connectivity index (χ1) is 16.5. The van der Waals surface area contributed by atoms with Gasteiger partial charge in [-0.1, -0.05) is 94.1 Å². The van der Waals surface area contributed by atoms with E-state index in [2.05, 4.69) is 13.0 Å². The van der Waals surface area contributed by atoms with Gasteiger partial charge in [-0.05, 0) is 65.5 Å². The highest BCUT2D eigenvalue weighted by Crippen LogP contribution is 2.35. The Balaban J connectivity index is 1.49. The fourth-order valence-corrected chi connectivity index (χ4v) is 4.96. The van der Waals surface area contributed by atoms with Crippen molar-refractivity contribution >= 4 is 5.57 Å². The van der Waals surface area contributed by atoms with Crippen LogP contribution in [-0.4, -0.2) is 0 Å². The second-order valence-corrected chi connectivity index (χ2v) is 9.39. The molecule has 3 aromatic rings. The average Bonchev–Trinajstić information content (AvgIpc) is 2.86. The van der Waals surface area contributed by atoms with Gasteiger partial charge >= 0.3 is 0 Å². The van der Waals surface area contributed by atoms with Crippen LogP contribution in [0.5, 0.6) is 0 Å². The summed E-state index contributed by atoms with van der Waals surface area (Å²) in [6.07, 6.45) is 10.9. The molecule has 1 aliphatic carbocycles. The zero-order chi connectivity index (χ0) is 24.1. The van der Waals surface area contributed by atoms with Crippen LogP contribution in [0.1, 0.15) is 69.9 Å². The summed E-state index contributed by atoms with van der Waals surface area (Å²) in [7, 11) is 0. The number of allylic oxidation sites excluding steroid dienone is 2. The number of hydrogen-bond donors (Lipinski definition) is 0. The molecule has 0 aliphatic heterocycles. The monoisotopic (exact) mass is 462 g/mol. The number of unbranched alkanes of at least 4 members (excludes halogenated alkanes) is 2. The topological polar surface area (TPSA) is 0 Å². The first kappa shape index (κ1) is 24.3. The Kier molecular flexibility index (Phi) is 7.92. The van der Waals surface area contributed by atoms with Gasteiger partial charge in [-0.25, -0.2) is 13.2 Å². The van der Waals surface area contributed by atoms with Gasteiger partial charge in [-0.3, -0.25) is 0 Å². The van der Waals surface area contributed by atoms with Gasteiger partial charge in [0.05, 0.1) is 0 Å². The molecule has 0 nitrogen and oxygen atoms in total. The standard InChI is InChI=1S/C31H33F3/c1-3-5-6-7-21-8-10-24(11-9-21)27-18-17-26(20-29(27)32)23-12-14-25(15-13-23)28-19-16-22(4-2)30(33)31(28)34/h10,12-21H,3-9,11H2,1-2H3. The van der Waals surface area contributed by atoms with Crippen molar-refractivity contribution in [3.63, 3.8) is 0 Å². The van der Waals surface area contributed by atoms with E-state index in [0.717, 1.165) is 41.9 Å². The molecular formula is C31H33F3. The SMILES string of the molecule is CCCCCC1CC=C(c2ccc(-c3ccc(-c4ccc(CC)c(F)c4F)cc3)cc2F)CC1. The quantitative estimate of drug-likeness (QED) is 0.292. The first-order valence-electron chi connectivity index (χ1n) is 12.6. The third-order valence-electron chi connectivity index (χ3n) is 7.12. The van der Waals surface area contributed by atoms with E-state index in [1.807, 2.05) is 24.3 Å². The van der Waals surface area contributed by atoms with Gasteiger partial charge in [-0.15, -0.1) is 0 Å². The normalized spacial score (nSPS) is 15.9. The van der Waals surface area contributed by atoms with Gasteiger partial charge in [0.1, 0.15) is 5.82 Å². The highest BCUT2D eigenvalue weighted by Gasteiger charge is 2.18. The summed E-state index contributed by atoms with van der Waals surface area (Å²) in [6, 6.07) is 15.8. The Bertz CT molecular complexity index is 1160. The zero-order valence-electron chi connectivity index (χ0n) is 20.1. The second-order valence-electron chi connectivity index (χ2n) is 9.39. The van der Waals surface area contributed by atoms with Gasteiger partial charge in [0, 0.05) is 11.1 Å². The van der Waals surface area contributed by atoms with Crippen molar-refractivity contribution in [1.82, 2.24) is 0 Å². The summed E-state index contributed by atoms with van der Waals surface area (Å²) in [6.45, 7) is 4.03. The third kappa shape index (κ3) is 5.29. The van der Waals surface area contributed by atoms with E-state index < -0.39 is 11.6 Å². The Labute approximate surface area is 201 Å². The van der Waals surface area contributed by atoms with E-state index in [1.165, 1.54) is 25.7 Å². The van der Waals surface area contributed by atoms with Crippen LogP contribution in [0, 0.1) is 23.4 Å². The third-order valence-corrected chi connectivity index (χ3v) is 7.12.